The summed E-state index contributed by atoms with van der Waals surface area (Å²) in [5.41, 5.74) is 3.55. The number of methoxy groups -OCH3 is 1. The summed E-state index contributed by atoms with van der Waals surface area (Å²) < 4.78 is 10.9. The summed E-state index contributed by atoms with van der Waals surface area (Å²) in [5.74, 6) is 1.52. The molecule has 0 aliphatic heterocycles. The maximum atomic E-state index is 5.54. The van der Waals surface area contributed by atoms with E-state index in [2.05, 4.69) is 43.4 Å². The van der Waals surface area contributed by atoms with Crippen LogP contribution >= 0.6 is 0 Å². The van der Waals surface area contributed by atoms with Gasteiger partial charge in [-0.25, -0.2) is 0 Å². The van der Waals surface area contributed by atoms with Gasteiger partial charge in [-0.05, 0) is 38.5 Å². The molecule has 0 saturated carbocycles. The zero-order valence-corrected chi connectivity index (χ0v) is 13.1. The molecule has 0 fully saturated rings. The Bertz CT molecular complexity index is 596. The number of ether oxygens (including phenoxy) is 2. The molecule has 0 spiro atoms. The van der Waals surface area contributed by atoms with E-state index in [4.69, 9.17) is 9.47 Å². The van der Waals surface area contributed by atoms with E-state index in [1.165, 1.54) is 11.1 Å². The Morgan fingerprint density at radius 2 is 1.90 bits per heavy atom. The normalized spacial score (nSPS) is 11.8. The number of hydrogen-bond donors (Lipinski definition) is 1. The van der Waals surface area contributed by atoms with Gasteiger partial charge < -0.3 is 14.8 Å². The van der Waals surface area contributed by atoms with Gasteiger partial charge in [0.05, 0.1) is 13.7 Å². The lowest BCUT2D eigenvalue weighted by Gasteiger charge is -2.18. The highest BCUT2D eigenvalue weighted by molar-refractivity contribution is 5.55. The van der Waals surface area contributed by atoms with Crippen LogP contribution in [0.3, 0.4) is 0 Å². The van der Waals surface area contributed by atoms with Crippen LogP contribution in [0.4, 0.5) is 5.69 Å². The molecule has 3 nitrogen and oxygen atoms in total. The second-order valence-electron chi connectivity index (χ2n) is 5.08. The minimum absolute atomic E-state index is 0.229. The van der Waals surface area contributed by atoms with Crippen molar-refractivity contribution in [3.63, 3.8) is 0 Å². The molecule has 0 amide bonds. The van der Waals surface area contributed by atoms with Crippen molar-refractivity contribution in [2.24, 2.45) is 0 Å². The predicted octanol–water partition coefficient (Wildman–Crippen LogP) is 4.58. The Balaban J connectivity index is 2.15. The van der Waals surface area contributed by atoms with Crippen LogP contribution in [0, 0.1) is 6.92 Å². The van der Waals surface area contributed by atoms with Crippen molar-refractivity contribution in [2.75, 3.05) is 19.0 Å². The number of nitrogens with one attached hydrogen (secondary N) is 1. The van der Waals surface area contributed by atoms with E-state index in [0.717, 1.165) is 17.2 Å². The lowest BCUT2D eigenvalue weighted by Crippen LogP contribution is -2.07. The van der Waals surface area contributed by atoms with Crippen molar-refractivity contribution in [3.05, 3.63) is 53.6 Å². The third-order valence-electron chi connectivity index (χ3n) is 3.39. The molecule has 0 aliphatic rings. The van der Waals surface area contributed by atoms with Crippen molar-refractivity contribution in [3.8, 4) is 11.5 Å². The summed E-state index contributed by atoms with van der Waals surface area (Å²) in [5, 5.41) is 3.49. The second kappa shape index (κ2) is 7.02. The minimum Gasteiger partial charge on any atom is -0.493 e. The van der Waals surface area contributed by atoms with Crippen LogP contribution in [0.5, 0.6) is 11.5 Å². The van der Waals surface area contributed by atoms with E-state index < -0.39 is 0 Å². The van der Waals surface area contributed by atoms with E-state index in [0.29, 0.717) is 6.61 Å². The van der Waals surface area contributed by atoms with Crippen molar-refractivity contribution in [2.45, 2.75) is 26.8 Å². The van der Waals surface area contributed by atoms with E-state index in [1.807, 2.05) is 25.1 Å². The Labute approximate surface area is 126 Å². The average Bonchev–Trinajstić information content (AvgIpc) is 2.49. The van der Waals surface area contributed by atoms with Crippen LogP contribution in [0.25, 0.3) is 0 Å². The molecule has 0 aliphatic carbocycles. The van der Waals surface area contributed by atoms with Gasteiger partial charge in [0.2, 0.25) is 0 Å². The lowest BCUT2D eigenvalue weighted by atomic mass is 10.1. The predicted molar refractivity (Wildman–Crippen MR) is 87.4 cm³/mol. The quantitative estimate of drug-likeness (QED) is 0.843. The van der Waals surface area contributed by atoms with Gasteiger partial charge in [-0.2, -0.15) is 0 Å². The Morgan fingerprint density at radius 1 is 1.10 bits per heavy atom. The Hall–Kier alpha value is -2.16. The summed E-state index contributed by atoms with van der Waals surface area (Å²) in [6.45, 7) is 6.85. The summed E-state index contributed by atoms with van der Waals surface area (Å²) in [6, 6.07) is 14.7. The first kappa shape index (κ1) is 15.2. The highest BCUT2D eigenvalue weighted by Crippen LogP contribution is 2.31. The van der Waals surface area contributed by atoms with Gasteiger partial charge in [-0.1, -0.05) is 29.8 Å². The molecule has 1 unspecified atom stereocenters. The van der Waals surface area contributed by atoms with Crippen molar-refractivity contribution in [1.82, 2.24) is 0 Å². The summed E-state index contributed by atoms with van der Waals surface area (Å²) in [4.78, 5) is 0. The van der Waals surface area contributed by atoms with Gasteiger partial charge in [0.15, 0.2) is 11.5 Å². The van der Waals surface area contributed by atoms with Crippen LogP contribution in [-0.4, -0.2) is 13.7 Å². The van der Waals surface area contributed by atoms with E-state index in [-0.39, 0.29) is 6.04 Å². The number of anilines is 1. The van der Waals surface area contributed by atoms with Gasteiger partial charge >= 0.3 is 0 Å². The molecular formula is C18H23NO2. The molecule has 0 bridgehead atoms. The second-order valence-corrected chi connectivity index (χ2v) is 5.08. The summed E-state index contributed by atoms with van der Waals surface area (Å²) in [7, 11) is 1.66. The van der Waals surface area contributed by atoms with Gasteiger partial charge in [-0.3, -0.25) is 0 Å². The molecule has 2 rings (SSSR count). The first-order valence-corrected chi connectivity index (χ1v) is 7.28. The SMILES string of the molecule is CCOc1ccc(NC(C)c2cccc(C)c2)cc1OC. The maximum Gasteiger partial charge on any atom is 0.162 e. The maximum absolute atomic E-state index is 5.54. The Kier molecular flexibility index (Phi) is 5.09. The van der Waals surface area contributed by atoms with Crippen molar-refractivity contribution < 1.29 is 9.47 Å². The van der Waals surface area contributed by atoms with Crippen molar-refractivity contribution in [1.29, 1.82) is 0 Å². The van der Waals surface area contributed by atoms with Gasteiger partial charge in [0, 0.05) is 17.8 Å². The fourth-order valence-electron chi connectivity index (χ4n) is 2.30. The van der Waals surface area contributed by atoms with Crippen LogP contribution in [0.1, 0.15) is 31.0 Å². The number of benzene rings is 2. The third kappa shape index (κ3) is 3.91. The largest absolute Gasteiger partial charge is 0.493 e. The average molecular weight is 285 g/mol. The first-order valence-electron chi connectivity index (χ1n) is 7.28. The highest BCUT2D eigenvalue weighted by atomic mass is 16.5. The standard InChI is InChI=1S/C18H23NO2/c1-5-21-17-10-9-16(12-18(17)20-4)19-14(3)15-8-6-7-13(2)11-15/h6-12,14,19H,5H2,1-4H3. The van der Waals surface area contributed by atoms with Gasteiger partial charge in [0.25, 0.3) is 0 Å². The fraction of sp³-hybridized carbons (Fsp3) is 0.333. The molecule has 2 aromatic rings. The number of hydrogen-bond acceptors (Lipinski definition) is 3. The zero-order valence-electron chi connectivity index (χ0n) is 13.1. The van der Waals surface area contributed by atoms with Crippen LogP contribution in [-0.2, 0) is 0 Å². The molecule has 1 N–H and O–H groups in total. The molecule has 3 heteroatoms. The molecule has 112 valence electrons. The number of rotatable bonds is 6. The molecule has 0 radical (unpaired) electrons. The lowest BCUT2D eigenvalue weighted by molar-refractivity contribution is 0.311. The topological polar surface area (TPSA) is 30.5 Å². The molecule has 21 heavy (non-hydrogen) atoms. The number of aryl methyl sites for hydroxylation is 1. The summed E-state index contributed by atoms with van der Waals surface area (Å²) >= 11 is 0. The summed E-state index contributed by atoms with van der Waals surface area (Å²) in [6.07, 6.45) is 0. The monoisotopic (exact) mass is 285 g/mol. The van der Waals surface area contributed by atoms with Crippen LogP contribution in [0.15, 0.2) is 42.5 Å². The Morgan fingerprint density at radius 3 is 2.57 bits per heavy atom. The molecule has 0 heterocycles. The van der Waals surface area contributed by atoms with Gasteiger partial charge in [-0.15, -0.1) is 0 Å². The van der Waals surface area contributed by atoms with Crippen molar-refractivity contribution >= 4 is 5.69 Å². The third-order valence-corrected chi connectivity index (χ3v) is 3.39. The highest BCUT2D eigenvalue weighted by Gasteiger charge is 2.09. The zero-order chi connectivity index (χ0) is 15.2. The molecule has 0 aromatic heterocycles. The van der Waals surface area contributed by atoms with Crippen LogP contribution in [0.2, 0.25) is 0 Å². The van der Waals surface area contributed by atoms with E-state index in [9.17, 15) is 0 Å². The molecular weight excluding hydrogens is 262 g/mol. The molecule has 1 atom stereocenters. The minimum atomic E-state index is 0.229. The smallest absolute Gasteiger partial charge is 0.162 e. The molecule has 2 aromatic carbocycles. The fourth-order valence-corrected chi connectivity index (χ4v) is 2.30. The van der Waals surface area contributed by atoms with E-state index >= 15 is 0 Å². The molecule has 0 saturated heterocycles. The van der Waals surface area contributed by atoms with Crippen LogP contribution < -0.4 is 14.8 Å². The van der Waals surface area contributed by atoms with E-state index in [1.54, 1.807) is 7.11 Å². The first-order chi connectivity index (χ1) is 10.1. The van der Waals surface area contributed by atoms with Gasteiger partial charge in [0.1, 0.15) is 0 Å².